The van der Waals surface area contributed by atoms with Crippen molar-refractivity contribution in [3.05, 3.63) is 0 Å². The topological polar surface area (TPSA) is 63.6 Å². The molecule has 0 aromatic heterocycles. The van der Waals surface area contributed by atoms with Crippen LogP contribution in [0.5, 0.6) is 0 Å². The van der Waals surface area contributed by atoms with Crippen LogP contribution in [0.15, 0.2) is 0 Å². The van der Waals surface area contributed by atoms with Crippen LogP contribution in [-0.2, 0) is 14.3 Å². The average Bonchev–Trinajstić information content (AvgIpc) is 2.77. The number of hydrogen-bond acceptors (Lipinski definition) is 4. The van der Waals surface area contributed by atoms with Crippen molar-refractivity contribution in [3.8, 4) is 0 Å². The quantitative estimate of drug-likeness (QED) is 0.720. The molecule has 1 N–H and O–H groups in total. The van der Waals surface area contributed by atoms with Crippen LogP contribution in [0.25, 0.3) is 0 Å². The van der Waals surface area contributed by atoms with Crippen molar-refractivity contribution in [2.24, 2.45) is 11.8 Å². The van der Waals surface area contributed by atoms with Gasteiger partial charge in [-0.1, -0.05) is 12.8 Å². The second-order valence-corrected chi connectivity index (χ2v) is 6.08. The molecule has 0 saturated heterocycles. The van der Waals surface area contributed by atoms with Crippen LogP contribution in [0, 0.1) is 11.8 Å². The molecule has 3 aliphatic carbocycles. The molecule has 18 heavy (non-hydrogen) atoms. The van der Waals surface area contributed by atoms with Crippen molar-refractivity contribution in [1.29, 1.82) is 0 Å². The van der Waals surface area contributed by atoms with Crippen LogP contribution >= 0.6 is 0 Å². The number of rotatable bonds is 1. The molecule has 0 aromatic carbocycles. The molecule has 0 aromatic rings. The van der Waals surface area contributed by atoms with E-state index in [9.17, 15) is 14.7 Å². The summed E-state index contributed by atoms with van der Waals surface area (Å²) >= 11 is 0. The summed E-state index contributed by atoms with van der Waals surface area (Å²) in [6.07, 6.45) is 5.64. The second kappa shape index (κ2) is 3.80. The van der Waals surface area contributed by atoms with Gasteiger partial charge in [-0.3, -0.25) is 9.59 Å². The van der Waals surface area contributed by atoms with Crippen LogP contribution in [0.1, 0.15) is 51.9 Å². The van der Waals surface area contributed by atoms with Gasteiger partial charge in [0.25, 0.3) is 0 Å². The number of fused-ring (bicyclic) bond motifs is 3. The van der Waals surface area contributed by atoms with Crippen LogP contribution in [0.2, 0.25) is 0 Å². The van der Waals surface area contributed by atoms with E-state index in [-0.39, 0.29) is 23.6 Å². The number of carbonyl (C=O) groups excluding carboxylic acids is 2. The van der Waals surface area contributed by atoms with Crippen molar-refractivity contribution in [3.63, 3.8) is 0 Å². The number of aliphatic hydroxyl groups is 1. The van der Waals surface area contributed by atoms with E-state index in [1.165, 1.54) is 6.92 Å². The average molecular weight is 252 g/mol. The zero-order chi connectivity index (χ0) is 13.0. The first-order valence-corrected chi connectivity index (χ1v) is 6.97. The number of esters is 1. The van der Waals surface area contributed by atoms with Crippen molar-refractivity contribution >= 4 is 11.8 Å². The molecular formula is C14H20O4. The molecule has 0 spiro atoms. The molecule has 0 heterocycles. The number of ketones is 1. The van der Waals surface area contributed by atoms with Gasteiger partial charge in [-0.25, -0.2) is 0 Å². The van der Waals surface area contributed by atoms with Gasteiger partial charge < -0.3 is 9.84 Å². The smallest absolute Gasteiger partial charge is 0.303 e. The Kier molecular flexibility index (Phi) is 2.56. The highest BCUT2D eigenvalue weighted by molar-refractivity contribution is 5.94. The molecule has 4 atom stereocenters. The van der Waals surface area contributed by atoms with E-state index in [2.05, 4.69) is 0 Å². The molecule has 3 fully saturated rings. The van der Waals surface area contributed by atoms with E-state index in [1.54, 1.807) is 0 Å². The first-order chi connectivity index (χ1) is 8.51. The molecule has 0 amide bonds. The normalized spacial score (nSPS) is 46.7. The van der Waals surface area contributed by atoms with Gasteiger partial charge in [-0.2, -0.15) is 0 Å². The van der Waals surface area contributed by atoms with E-state index in [1.807, 2.05) is 0 Å². The molecule has 3 rings (SSSR count). The zero-order valence-electron chi connectivity index (χ0n) is 10.8. The highest BCUT2D eigenvalue weighted by Gasteiger charge is 2.70. The predicted molar refractivity (Wildman–Crippen MR) is 63.8 cm³/mol. The van der Waals surface area contributed by atoms with E-state index in [0.717, 1.165) is 38.5 Å². The Balaban J connectivity index is 2.04. The van der Waals surface area contributed by atoms with E-state index < -0.39 is 11.2 Å². The largest absolute Gasteiger partial charge is 0.458 e. The molecule has 0 unspecified atom stereocenters. The summed E-state index contributed by atoms with van der Waals surface area (Å²) in [4.78, 5) is 23.9. The number of ether oxygens (including phenoxy) is 1. The molecule has 0 bridgehead atoms. The SMILES string of the molecule is CC(=O)O[C@]12CCC[C@H]1C(=O)[C@]1(O)CCCC[C@H]21. The van der Waals surface area contributed by atoms with Gasteiger partial charge in [0.2, 0.25) is 0 Å². The van der Waals surface area contributed by atoms with Crippen molar-refractivity contribution in [2.45, 2.75) is 63.1 Å². The fraction of sp³-hybridized carbons (Fsp3) is 0.857. The summed E-state index contributed by atoms with van der Waals surface area (Å²) in [5.74, 6) is -0.840. The van der Waals surface area contributed by atoms with Gasteiger partial charge in [0.1, 0.15) is 11.2 Å². The fourth-order valence-electron chi connectivity index (χ4n) is 4.63. The molecule has 4 heteroatoms. The Morgan fingerprint density at radius 1 is 1.28 bits per heavy atom. The summed E-state index contributed by atoms with van der Waals surface area (Å²) in [5.41, 5.74) is -1.92. The highest BCUT2D eigenvalue weighted by Crippen LogP contribution is 2.59. The van der Waals surface area contributed by atoms with Crippen LogP contribution in [0.3, 0.4) is 0 Å². The Hall–Kier alpha value is -0.900. The van der Waals surface area contributed by atoms with Gasteiger partial charge in [0, 0.05) is 12.8 Å². The standard InChI is InChI=1S/C14H20O4/c1-9(15)18-14-8-4-5-10(14)12(16)13(17)7-3-2-6-11(13)14/h10-11,17H,2-8H2,1H3/t10-,11-,13-,14+/m0/s1. The predicted octanol–water partition coefficient (Wildman–Crippen LogP) is 1.59. The number of carbonyl (C=O) groups is 2. The summed E-state index contributed by atoms with van der Waals surface area (Å²) < 4.78 is 5.61. The van der Waals surface area contributed by atoms with Gasteiger partial charge >= 0.3 is 5.97 Å². The lowest BCUT2D eigenvalue weighted by Crippen LogP contribution is -2.49. The Morgan fingerprint density at radius 3 is 2.78 bits per heavy atom. The van der Waals surface area contributed by atoms with Gasteiger partial charge in [-0.05, 0) is 32.1 Å². The van der Waals surface area contributed by atoms with Crippen LogP contribution < -0.4 is 0 Å². The number of Topliss-reactive ketones (excluding diaryl/α,β-unsaturated/α-hetero) is 1. The number of hydrogen-bond donors (Lipinski definition) is 1. The van der Waals surface area contributed by atoms with Crippen molar-refractivity contribution in [1.82, 2.24) is 0 Å². The Morgan fingerprint density at radius 2 is 2.06 bits per heavy atom. The van der Waals surface area contributed by atoms with Crippen LogP contribution in [-0.4, -0.2) is 28.1 Å². The molecular weight excluding hydrogens is 232 g/mol. The van der Waals surface area contributed by atoms with Gasteiger partial charge in [0.15, 0.2) is 5.78 Å². The second-order valence-electron chi connectivity index (χ2n) is 6.08. The fourth-order valence-corrected chi connectivity index (χ4v) is 4.63. The minimum atomic E-state index is -1.22. The van der Waals surface area contributed by atoms with E-state index in [0.29, 0.717) is 6.42 Å². The minimum Gasteiger partial charge on any atom is -0.458 e. The van der Waals surface area contributed by atoms with Gasteiger partial charge in [-0.15, -0.1) is 0 Å². The van der Waals surface area contributed by atoms with Gasteiger partial charge in [0.05, 0.1) is 5.92 Å². The van der Waals surface area contributed by atoms with Crippen molar-refractivity contribution < 1.29 is 19.4 Å². The molecule has 0 aliphatic heterocycles. The zero-order valence-corrected chi connectivity index (χ0v) is 10.8. The highest BCUT2D eigenvalue weighted by atomic mass is 16.6. The van der Waals surface area contributed by atoms with Crippen molar-refractivity contribution in [2.75, 3.05) is 0 Å². The maximum Gasteiger partial charge on any atom is 0.303 e. The first-order valence-electron chi connectivity index (χ1n) is 6.97. The molecule has 0 radical (unpaired) electrons. The summed E-state index contributed by atoms with van der Waals surface area (Å²) in [5, 5.41) is 10.7. The maximum absolute atomic E-state index is 12.5. The summed E-state index contributed by atoms with van der Waals surface area (Å²) in [6.45, 7) is 1.40. The molecule has 3 saturated carbocycles. The lowest BCUT2D eigenvalue weighted by Gasteiger charge is -2.41. The lowest BCUT2D eigenvalue weighted by molar-refractivity contribution is -0.172. The van der Waals surface area contributed by atoms with E-state index in [4.69, 9.17) is 4.74 Å². The molecule has 3 aliphatic rings. The molecule has 100 valence electrons. The third-order valence-corrected chi connectivity index (χ3v) is 5.19. The Bertz CT molecular complexity index is 405. The lowest BCUT2D eigenvalue weighted by atomic mass is 9.72. The third-order valence-electron chi connectivity index (χ3n) is 5.19. The van der Waals surface area contributed by atoms with E-state index >= 15 is 0 Å². The Labute approximate surface area is 107 Å². The first kappa shape index (κ1) is 12.2. The van der Waals surface area contributed by atoms with Crippen LogP contribution in [0.4, 0.5) is 0 Å². The molecule has 4 nitrogen and oxygen atoms in total. The monoisotopic (exact) mass is 252 g/mol. The summed E-state index contributed by atoms with van der Waals surface area (Å²) in [7, 11) is 0. The minimum absolute atomic E-state index is 0.0639. The summed E-state index contributed by atoms with van der Waals surface area (Å²) in [6, 6.07) is 0. The third kappa shape index (κ3) is 1.35. The maximum atomic E-state index is 12.5.